The lowest BCUT2D eigenvalue weighted by atomic mass is 10.2. The summed E-state index contributed by atoms with van der Waals surface area (Å²) in [5.41, 5.74) is 4.34. The molecule has 0 amide bonds. The Hall–Kier alpha value is -1.59. The minimum absolute atomic E-state index is 0.704. The van der Waals surface area contributed by atoms with E-state index in [1.54, 1.807) is 0 Å². The summed E-state index contributed by atoms with van der Waals surface area (Å²) in [4.78, 5) is 5.31. The molecule has 0 aliphatic rings. The van der Waals surface area contributed by atoms with E-state index in [2.05, 4.69) is 60.7 Å². The number of aromatic amines is 1. The molecule has 3 nitrogen and oxygen atoms in total. The summed E-state index contributed by atoms with van der Waals surface area (Å²) >= 11 is 8.96. The molecule has 0 saturated heterocycles. The number of imidazole rings is 1. The van der Waals surface area contributed by atoms with Gasteiger partial charge in [0.1, 0.15) is 0 Å². The van der Waals surface area contributed by atoms with E-state index in [1.807, 2.05) is 26.2 Å². The van der Waals surface area contributed by atoms with E-state index in [0.29, 0.717) is 4.77 Å². The third-order valence-electron chi connectivity index (χ3n) is 3.27. The van der Waals surface area contributed by atoms with Gasteiger partial charge in [0.2, 0.25) is 0 Å². The van der Waals surface area contributed by atoms with Gasteiger partial charge in [0.15, 0.2) is 4.77 Å². The van der Waals surface area contributed by atoms with E-state index in [4.69, 9.17) is 12.2 Å². The van der Waals surface area contributed by atoms with Crippen molar-refractivity contribution in [3.8, 4) is 5.69 Å². The molecule has 0 radical (unpaired) electrons. The van der Waals surface area contributed by atoms with E-state index in [1.165, 1.54) is 5.69 Å². The number of nitrogens with one attached hydrogen (secondary N) is 1. The highest BCUT2D eigenvalue weighted by molar-refractivity contribution is 9.10. The molecule has 1 aromatic heterocycles. The summed E-state index contributed by atoms with van der Waals surface area (Å²) in [6.07, 6.45) is 0. The van der Waals surface area contributed by atoms with Crippen molar-refractivity contribution >= 4 is 44.9 Å². The van der Waals surface area contributed by atoms with Crippen LogP contribution < -0.4 is 4.90 Å². The molecule has 0 atom stereocenters. The molecule has 2 aromatic carbocycles. The lowest BCUT2D eigenvalue weighted by molar-refractivity contribution is 1.06. The van der Waals surface area contributed by atoms with Crippen LogP contribution in [0.1, 0.15) is 0 Å². The van der Waals surface area contributed by atoms with E-state index < -0.39 is 0 Å². The second-order valence-electron chi connectivity index (χ2n) is 4.84. The molecule has 0 bridgehead atoms. The van der Waals surface area contributed by atoms with Crippen molar-refractivity contribution in [3.63, 3.8) is 0 Å². The second kappa shape index (κ2) is 5.07. The Morgan fingerprint density at radius 3 is 2.45 bits per heavy atom. The fourth-order valence-electron chi connectivity index (χ4n) is 2.23. The maximum Gasteiger partial charge on any atom is 0.182 e. The summed E-state index contributed by atoms with van der Waals surface area (Å²) in [5.74, 6) is 0. The first kappa shape index (κ1) is 13.4. The molecule has 1 N–H and O–H groups in total. The number of aromatic nitrogens is 2. The maximum atomic E-state index is 5.44. The van der Waals surface area contributed by atoms with Crippen LogP contribution in [0.2, 0.25) is 0 Å². The first-order valence-electron chi connectivity index (χ1n) is 6.24. The van der Waals surface area contributed by atoms with Crippen molar-refractivity contribution in [2.24, 2.45) is 0 Å². The smallest absolute Gasteiger partial charge is 0.182 e. The Bertz CT molecular complexity index is 815. The first-order valence-corrected chi connectivity index (χ1v) is 7.44. The Balaban J connectivity index is 2.21. The van der Waals surface area contributed by atoms with Crippen molar-refractivity contribution < 1.29 is 0 Å². The molecule has 5 heteroatoms. The molecular weight excluding hydrogens is 334 g/mol. The molecule has 0 saturated carbocycles. The molecule has 20 heavy (non-hydrogen) atoms. The van der Waals surface area contributed by atoms with Crippen LogP contribution in [0.25, 0.3) is 16.7 Å². The predicted octanol–water partition coefficient (Wildman–Crippen LogP) is 4.52. The summed E-state index contributed by atoms with van der Waals surface area (Å²) in [6, 6.07) is 14.5. The van der Waals surface area contributed by atoms with Gasteiger partial charge in [-0.3, -0.25) is 4.57 Å². The topological polar surface area (TPSA) is 24.0 Å². The van der Waals surface area contributed by atoms with Crippen molar-refractivity contribution in [1.29, 1.82) is 0 Å². The standard InChI is InChI=1S/C15H14BrN3S/c1-18(2)11-4-6-12(7-5-11)19-14-9-10(16)3-8-13(14)17-15(19)20/h3-9H,1-2H3,(H,17,20). The van der Waals surface area contributed by atoms with E-state index in [-0.39, 0.29) is 0 Å². The fourth-order valence-corrected chi connectivity index (χ4v) is 2.89. The van der Waals surface area contributed by atoms with Crippen molar-refractivity contribution in [2.45, 2.75) is 0 Å². The zero-order chi connectivity index (χ0) is 14.3. The number of benzene rings is 2. The normalized spacial score (nSPS) is 10.9. The van der Waals surface area contributed by atoms with Crippen LogP contribution in [0.4, 0.5) is 5.69 Å². The SMILES string of the molecule is CN(C)c1ccc(-n2c(=S)[nH]c3ccc(Br)cc32)cc1. The Labute approximate surface area is 131 Å². The number of H-pyrrole nitrogens is 1. The highest BCUT2D eigenvalue weighted by Crippen LogP contribution is 2.24. The number of fused-ring (bicyclic) bond motifs is 1. The minimum Gasteiger partial charge on any atom is -0.378 e. The van der Waals surface area contributed by atoms with Gasteiger partial charge in [-0.15, -0.1) is 0 Å². The lowest BCUT2D eigenvalue weighted by Crippen LogP contribution is -2.08. The quantitative estimate of drug-likeness (QED) is 0.689. The van der Waals surface area contributed by atoms with Gasteiger partial charge < -0.3 is 9.88 Å². The molecule has 0 unspecified atom stereocenters. The molecule has 1 heterocycles. The third kappa shape index (κ3) is 2.27. The Morgan fingerprint density at radius 1 is 1.10 bits per heavy atom. The first-order chi connectivity index (χ1) is 9.56. The lowest BCUT2D eigenvalue weighted by Gasteiger charge is -2.13. The van der Waals surface area contributed by atoms with Crippen LogP contribution in [0, 0.1) is 4.77 Å². The number of anilines is 1. The molecule has 0 aliphatic carbocycles. The zero-order valence-corrected chi connectivity index (χ0v) is 13.6. The van der Waals surface area contributed by atoms with Crippen LogP contribution in [-0.2, 0) is 0 Å². The van der Waals surface area contributed by atoms with Crippen LogP contribution >= 0.6 is 28.1 Å². The van der Waals surface area contributed by atoms with Gasteiger partial charge in [-0.2, -0.15) is 0 Å². The summed E-state index contributed by atoms with van der Waals surface area (Å²) in [5, 5.41) is 0. The minimum atomic E-state index is 0.704. The Morgan fingerprint density at radius 2 is 1.80 bits per heavy atom. The zero-order valence-electron chi connectivity index (χ0n) is 11.2. The van der Waals surface area contributed by atoms with Crippen LogP contribution in [0.5, 0.6) is 0 Å². The van der Waals surface area contributed by atoms with E-state index in [9.17, 15) is 0 Å². The van der Waals surface area contributed by atoms with Crippen LogP contribution in [-0.4, -0.2) is 23.6 Å². The summed E-state index contributed by atoms with van der Waals surface area (Å²) in [6.45, 7) is 0. The number of hydrogen-bond donors (Lipinski definition) is 1. The molecule has 3 aromatic rings. The largest absolute Gasteiger partial charge is 0.378 e. The molecule has 0 aliphatic heterocycles. The highest BCUT2D eigenvalue weighted by atomic mass is 79.9. The fraction of sp³-hybridized carbons (Fsp3) is 0.133. The van der Waals surface area contributed by atoms with Crippen LogP contribution in [0.15, 0.2) is 46.9 Å². The predicted molar refractivity (Wildman–Crippen MR) is 90.5 cm³/mol. The van der Waals surface area contributed by atoms with Gasteiger partial charge in [-0.05, 0) is 54.7 Å². The van der Waals surface area contributed by atoms with Gasteiger partial charge >= 0.3 is 0 Å². The monoisotopic (exact) mass is 347 g/mol. The van der Waals surface area contributed by atoms with Gasteiger partial charge in [-0.25, -0.2) is 0 Å². The van der Waals surface area contributed by atoms with Crippen LogP contribution in [0.3, 0.4) is 0 Å². The van der Waals surface area contributed by atoms with Gasteiger partial charge in [-0.1, -0.05) is 15.9 Å². The van der Waals surface area contributed by atoms with Crippen molar-refractivity contribution in [1.82, 2.24) is 9.55 Å². The molecule has 0 spiro atoms. The van der Waals surface area contributed by atoms with E-state index >= 15 is 0 Å². The number of nitrogens with zero attached hydrogens (tertiary/aromatic N) is 2. The third-order valence-corrected chi connectivity index (χ3v) is 4.05. The number of rotatable bonds is 2. The van der Waals surface area contributed by atoms with E-state index in [0.717, 1.165) is 21.2 Å². The van der Waals surface area contributed by atoms with Crippen molar-refractivity contribution in [2.75, 3.05) is 19.0 Å². The summed E-state index contributed by atoms with van der Waals surface area (Å²) in [7, 11) is 4.06. The molecule has 3 rings (SSSR count). The molecule has 0 fully saturated rings. The average Bonchev–Trinajstić information content (AvgIpc) is 2.74. The summed E-state index contributed by atoms with van der Waals surface area (Å²) < 4.78 is 3.79. The highest BCUT2D eigenvalue weighted by Gasteiger charge is 2.07. The second-order valence-corrected chi connectivity index (χ2v) is 6.14. The molecule has 102 valence electrons. The average molecular weight is 348 g/mol. The van der Waals surface area contributed by atoms with Gasteiger partial charge in [0.05, 0.1) is 11.0 Å². The van der Waals surface area contributed by atoms with Crippen molar-refractivity contribution in [3.05, 3.63) is 51.7 Å². The van der Waals surface area contributed by atoms with Gasteiger partial charge in [0, 0.05) is 29.9 Å². The van der Waals surface area contributed by atoms with Gasteiger partial charge in [0.25, 0.3) is 0 Å². The maximum absolute atomic E-state index is 5.44. The number of halogens is 1. The number of hydrogen-bond acceptors (Lipinski definition) is 2. The molecular formula is C15H14BrN3S. The Kier molecular flexibility index (Phi) is 3.40.